The monoisotopic (exact) mass is 460 g/mol. The Balaban J connectivity index is 1.42. The van der Waals surface area contributed by atoms with Crippen LogP contribution in [0.3, 0.4) is 0 Å². The maximum absolute atomic E-state index is 12.9. The van der Waals surface area contributed by atoms with Gasteiger partial charge in [-0.2, -0.15) is 5.10 Å². The van der Waals surface area contributed by atoms with Gasteiger partial charge in [0.05, 0.1) is 23.7 Å². The van der Waals surface area contributed by atoms with E-state index in [0.717, 1.165) is 34.3 Å². The lowest BCUT2D eigenvalue weighted by Gasteiger charge is -2.31. The van der Waals surface area contributed by atoms with Crippen LogP contribution in [0.5, 0.6) is 0 Å². The molecule has 9 heteroatoms. The number of fused-ring (bicyclic) bond motifs is 1. The van der Waals surface area contributed by atoms with Crippen molar-refractivity contribution in [3.05, 3.63) is 51.5 Å². The van der Waals surface area contributed by atoms with Gasteiger partial charge in [0.1, 0.15) is 4.83 Å². The normalized spacial score (nSPS) is 14.7. The second-order valence-electron chi connectivity index (χ2n) is 7.63. The van der Waals surface area contributed by atoms with Crippen LogP contribution in [0.15, 0.2) is 30.3 Å². The number of rotatable bonds is 5. The minimum Gasteiger partial charge on any atom is -0.450 e. The number of likely N-dealkylation sites (tertiary alicyclic amines) is 1. The number of piperidine rings is 1. The van der Waals surface area contributed by atoms with Crippen LogP contribution >= 0.6 is 22.9 Å². The summed E-state index contributed by atoms with van der Waals surface area (Å²) in [4.78, 5) is 28.0. The topological polar surface area (TPSA) is 76.5 Å². The Morgan fingerprint density at radius 2 is 1.97 bits per heavy atom. The molecule has 0 bridgehead atoms. The molecule has 1 N–H and O–H groups in total. The highest BCUT2D eigenvalue weighted by molar-refractivity contribution is 7.20. The fraction of sp³-hybridized carbons (Fsp3) is 0.409. The Kier molecular flexibility index (Phi) is 6.48. The van der Waals surface area contributed by atoms with Gasteiger partial charge in [0.2, 0.25) is 0 Å². The highest BCUT2D eigenvalue weighted by atomic mass is 35.5. The summed E-state index contributed by atoms with van der Waals surface area (Å²) in [6.45, 7) is 5.93. The van der Waals surface area contributed by atoms with E-state index in [0.29, 0.717) is 36.1 Å². The molecule has 4 rings (SSSR count). The molecule has 2 aromatic heterocycles. The molecule has 1 aliphatic rings. The fourth-order valence-corrected chi connectivity index (χ4v) is 4.96. The van der Waals surface area contributed by atoms with Crippen molar-refractivity contribution in [2.24, 2.45) is 0 Å². The van der Waals surface area contributed by atoms with E-state index >= 15 is 0 Å². The van der Waals surface area contributed by atoms with E-state index < -0.39 is 0 Å². The molecule has 0 atom stereocenters. The van der Waals surface area contributed by atoms with Crippen molar-refractivity contribution < 1.29 is 14.3 Å². The predicted octanol–water partition coefficient (Wildman–Crippen LogP) is 4.46. The number of carbonyl (C=O) groups is 2. The van der Waals surface area contributed by atoms with Gasteiger partial charge >= 0.3 is 6.09 Å². The van der Waals surface area contributed by atoms with Crippen molar-refractivity contribution in [1.29, 1.82) is 0 Å². The fourth-order valence-electron chi connectivity index (χ4n) is 3.77. The van der Waals surface area contributed by atoms with E-state index in [1.54, 1.807) is 11.8 Å². The first-order valence-corrected chi connectivity index (χ1v) is 11.6. The smallest absolute Gasteiger partial charge is 0.409 e. The number of carbonyl (C=O) groups excluding carboxylic acids is 2. The highest BCUT2D eigenvalue weighted by Crippen LogP contribution is 2.29. The highest BCUT2D eigenvalue weighted by Gasteiger charge is 2.25. The molecule has 0 radical (unpaired) electrons. The maximum atomic E-state index is 12.9. The van der Waals surface area contributed by atoms with Crippen LogP contribution in [0, 0.1) is 6.92 Å². The Morgan fingerprint density at radius 1 is 1.26 bits per heavy atom. The van der Waals surface area contributed by atoms with Gasteiger partial charge in [-0.15, -0.1) is 11.3 Å². The third-order valence-corrected chi connectivity index (χ3v) is 6.83. The van der Waals surface area contributed by atoms with E-state index in [9.17, 15) is 9.59 Å². The Morgan fingerprint density at radius 3 is 2.65 bits per heavy atom. The van der Waals surface area contributed by atoms with Gasteiger partial charge in [-0.3, -0.25) is 9.48 Å². The molecule has 0 aliphatic carbocycles. The number of nitrogens with zero attached hydrogens (tertiary/aromatic N) is 3. The summed E-state index contributed by atoms with van der Waals surface area (Å²) in [5.41, 5.74) is 2.00. The zero-order valence-electron chi connectivity index (χ0n) is 17.6. The van der Waals surface area contributed by atoms with Crippen LogP contribution in [-0.2, 0) is 11.3 Å². The van der Waals surface area contributed by atoms with Crippen molar-refractivity contribution >= 4 is 45.2 Å². The standard InChI is InChI=1S/C22H25ClN4O3S/c1-3-30-22(29)26-10-8-17(9-11-26)24-20(28)19-12-18-14(2)25-27(21(18)31-19)13-15-4-6-16(23)7-5-15/h4-7,12,17H,3,8-11,13H2,1-2H3,(H,24,28). The molecule has 0 spiro atoms. The number of aryl methyl sites for hydroxylation is 1. The van der Waals surface area contributed by atoms with E-state index in [-0.39, 0.29) is 18.0 Å². The van der Waals surface area contributed by atoms with Crippen LogP contribution in [0.4, 0.5) is 4.79 Å². The van der Waals surface area contributed by atoms with E-state index in [2.05, 4.69) is 10.4 Å². The summed E-state index contributed by atoms with van der Waals surface area (Å²) < 4.78 is 6.99. The quantitative estimate of drug-likeness (QED) is 0.609. The van der Waals surface area contributed by atoms with Gasteiger partial charge in [-0.1, -0.05) is 23.7 Å². The second-order valence-corrected chi connectivity index (χ2v) is 9.10. The summed E-state index contributed by atoms with van der Waals surface area (Å²) in [6.07, 6.45) is 1.16. The van der Waals surface area contributed by atoms with E-state index in [1.807, 2.05) is 41.9 Å². The summed E-state index contributed by atoms with van der Waals surface area (Å²) in [7, 11) is 0. The van der Waals surface area contributed by atoms with Crippen LogP contribution < -0.4 is 5.32 Å². The average molecular weight is 461 g/mol. The minimum atomic E-state index is -0.280. The lowest BCUT2D eigenvalue weighted by molar-refractivity contribution is 0.0863. The second kappa shape index (κ2) is 9.28. The third-order valence-electron chi connectivity index (χ3n) is 5.43. The van der Waals surface area contributed by atoms with Crippen LogP contribution in [0.2, 0.25) is 5.02 Å². The number of aromatic nitrogens is 2. The van der Waals surface area contributed by atoms with Crippen LogP contribution in [0.25, 0.3) is 10.2 Å². The number of hydrogen-bond donors (Lipinski definition) is 1. The molecule has 164 valence electrons. The van der Waals surface area contributed by atoms with Gasteiger partial charge in [-0.05, 0) is 50.5 Å². The summed E-state index contributed by atoms with van der Waals surface area (Å²) in [5.74, 6) is -0.0757. The largest absolute Gasteiger partial charge is 0.450 e. The minimum absolute atomic E-state index is 0.0510. The van der Waals surface area contributed by atoms with Crippen molar-refractivity contribution in [2.75, 3.05) is 19.7 Å². The Bertz CT molecular complexity index is 1080. The van der Waals surface area contributed by atoms with Crippen LogP contribution in [-0.4, -0.2) is 52.4 Å². The third kappa shape index (κ3) is 4.85. The lowest BCUT2D eigenvalue weighted by atomic mass is 10.1. The number of amides is 2. The van der Waals surface area contributed by atoms with Crippen LogP contribution in [0.1, 0.15) is 40.7 Å². The van der Waals surface area contributed by atoms with Gasteiger partial charge in [0.15, 0.2) is 0 Å². The first-order valence-electron chi connectivity index (χ1n) is 10.4. The average Bonchev–Trinajstić information content (AvgIpc) is 3.32. The molecule has 2 amide bonds. The number of hydrogen-bond acceptors (Lipinski definition) is 5. The first-order chi connectivity index (χ1) is 14.9. The molecule has 0 unspecified atom stereocenters. The molecular weight excluding hydrogens is 436 g/mol. The van der Waals surface area contributed by atoms with Gasteiger partial charge in [0.25, 0.3) is 5.91 Å². The number of halogens is 1. The molecule has 1 fully saturated rings. The molecule has 7 nitrogen and oxygen atoms in total. The molecule has 1 aliphatic heterocycles. The zero-order valence-corrected chi connectivity index (χ0v) is 19.1. The molecule has 3 aromatic rings. The lowest BCUT2D eigenvalue weighted by Crippen LogP contribution is -2.46. The molecule has 31 heavy (non-hydrogen) atoms. The number of thiophene rings is 1. The summed E-state index contributed by atoms with van der Waals surface area (Å²) >= 11 is 7.43. The predicted molar refractivity (Wildman–Crippen MR) is 122 cm³/mol. The van der Waals surface area contributed by atoms with E-state index in [1.165, 1.54) is 11.3 Å². The van der Waals surface area contributed by atoms with Crippen molar-refractivity contribution in [1.82, 2.24) is 20.0 Å². The number of benzene rings is 1. The Labute approximate surface area is 189 Å². The molecule has 3 heterocycles. The zero-order chi connectivity index (χ0) is 22.0. The number of ether oxygens (including phenoxy) is 1. The van der Waals surface area contributed by atoms with E-state index in [4.69, 9.17) is 16.3 Å². The maximum Gasteiger partial charge on any atom is 0.409 e. The molecule has 1 aromatic carbocycles. The Hall–Kier alpha value is -2.58. The molecule has 0 saturated carbocycles. The number of nitrogens with one attached hydrogen (secondary N) is 1. The van der Waals surface area contributed by atoms with Crippen molar-refractivity contribution in [3.63, 3.8) is 0 Å². The first kappa shape index (κ1) is 21.6. The SMILES string of the molecule is CCOC(=O)N1CCC(NC(=O)c2cc3c(C)nn(Cc4ccc(Cl)cc4)c3s2)CC1. The summed E-state index contributed by atoms with van der Waals surface area (Å²) in [5, 5.41) is 9.46. The summed E-state index contributed by atoms with van der Waals surface area (Å²) in [6, 6.07) is 9.67. The van der Waals surface area contributed by atoms with Gasteiger partial charge < -0.3 is 15.0 Å². The van der Waals surface area contributed by atoms with Gasteiger partial charge in [0, 0.05) is 29.5 Å². The van der Waals surface area contributed by atoms with Crippen molar-refractivity contribution in [3.8, 4) is 0 Å². The van der Waals surface area contributed by atoms with Gasteiger partial charge in [-0.25, -0.2) is 4.79 Å². The van der Waals surface area contributed by atoms with Crippen molar-refractivity contribution in [2.45, 2.75) is 39.3 Å². The molecule has 1 saturated heterocycles. The molecular formula is C22H25ClN4O3S.